The quantitative estimate of drug-likeness (QED) is 0.714. The molecule has 4 heteroatoms. The van der Waals surface area contributed by atoms with E-state index in [0.29, 0.717) is 13.0 Å². The molecule has 0 saturated heterocycles. The van der Waals surface area contributed by atoms with Gasteiger partial charge in [-0.2, -0.15) is 0 Å². The van der Waals surface area contributed by atoms with Crippen LogP contribution in [-0.4, -0.2) is 11.4 Å². The van der Waals surface area contributed by atoms with Crippen LogP contribution in [-0.2, 0) is 11.3 Å². The lowest BCUT2D eigenvalue weighted by molar-refractivity contribution is -0.124. The summed E-state index contributed by atoms with van der Waals surface area (Å²) in [5.74, 6) is -0.314. The summed E-state index contributed by atoms with van der Waals surface area (Å²) in [6.45, 7) is 6.17. The van der Waals surface area contributed by atoms with Gasteiger partial charge in [0.15, 0.2) is 0 Å². The topological polar surface area (TPSA) is 55.1 Å². The van der Waals surface area contributed by atoms with E-state index in [9.17, 15) is 4.79 Å². The molecule has 0 fully saturated rings. The van der Waals surface area contributed by atoms with Crippen LogP contribution < -0.4 is 11.1 Å². The molecule has 3 nitrogen and oxygen atoms in total. The molecule has 88 valence electrons. The van der Waals surface area contributed by atoms with Crippen LogP contribution in [0.5, 0.6) is 0 Å². The van der Waals surface area contributed by atoms with E-state index in [0.717, 1.165) is 6.42 Å². The van der Waals surface area contributed by atoms with Gasteiger partial charge in [0.2, 0.25) is 5.91 Å². The van der Waals surface area contributed by atoms with Gasteiger partial charge in [-0.15, -0.1) is 17.9 Å². The first kappa shape index (κ1) is 12.9. The maximum atomic E-state index is 11.4. The van der Waals surface area contributed by atoms with Gasteiger partial charge in [0.1, 0.15) is 0 Å². The average Bonchev–Trinajstić information content (AvgIpc) is 2.76. The van der Waals surface area contributed by atoms with Crippen molar-refractivity contribution >= 4 is 17.2 Å². The number of hydrogen-bond acceptors (Lipinski definition) is 3. The number of hydrogen-bond donors (Lipinski definition) is 2. The Kier molecular flexibility index (Phi) is 4.71. The molecule has 0 aliphatic heterocycles. The van der Waals surface area contributed by atoms with Crippen molar-refractivity contribution in [3.05, 3.63) is 35.0 Å². The lowest BCUT2D eigenvalue weighted by Gasteiger charge is -2.26. The molecule has 0 spiro atoms. The second kappa shape index (κ2) is 5.82. The van der Waals surface area contributed by atoms with Gasteiger partial charge in [-0.05, 0) is 31.2 Å². The molecule has 1 atom stereocenters. The first-order chi connectivity index (χ1) is 7.58. The molecule has 0 aromatic carbocycles. The molecule has 16 heavy (non-hydrogen) atoms. The van der Waals surface area contributed by atoms with Crippen LogP contribution in [0, 0.1) is 0 Å². The standard InChI is InChI=1S/C12H18N2OS/c1-3-4-7-12(2,11(13)15)14-9-10-6-5-8-16-10/h3,5-6,8,14H,1,4,7,9H2,2H3,(H2,13,15). The second-order valence-electron chi connectivity index (χ2n) is 3.96. The highest BCUT2D eigenvalue weighted by Gasteiger charge is 2.29. The van der Waals surface area contributed by atoms with Crippen LogP contribution in [0.2, 0.25) is 0 Å². The molecular formula is C12H18N2OS. The van der Waals surface area contributed by atoms with Gasteiger partial charge in [-0.1, -0.05) is 12.1 Å². The lowest BCUT2D eigenvalue weighted by atomic mass is 9.95. The largest absolute Gasteiger partial charge is 0.368 e. The normalized spacial score (nSPS) is 14.3. The Hall–Kier alpha value is -1.13. The Morgan fingerprint density at radius 1 is 1.75 bits per heavy atom. The Labute approximate surface area is 100 Å². The molecule has 1 amide bonds. The summed E-state index contributed by atoms with van der Waals surface area (Å²) in [7, 11) is 0. The molecule has 0 aliphatic rings. The van der Waals surface area contributed by atoms with Crippen molar-refractivity contribution in [1.29, 1.82) is 0 Å². The molecule has 0 bridgehead atoms. The Morgan fingerprint density at radius 2 is 2.50 bits per heavy atom. The van der Waals surface area contributed by atoms with Gasteiger partial charge in [0, 0.05) is 11.4 Å². The van der Waals surface area contributed by atoms with E-state index in [-0.39, 0.29) is 5.91 Å². The van der Waals surface area contributed by atoms with Gasteiger partial charge in [0.05, 0.1) is 5.54 Å². The highest BCUT2D eigenvalue weighted by atomic mass is 32.1. The maximum Gasteiger partial charge on any atom is 0.237 e. The number of rotatable bonds is 7. The van der Waals surface area contributed by atoms with Crippen molar-refractivity contribution in [3.8, 4) is 0 Å². The third kappa shape index (κ3) is 3.47. The van der Waals surface area contributed by atoms with Gasteiger partial charge in [-0.3, -0.25) is 10.1 Å². The number of allylic oxidation sites excluding steroid dienone is 1. The van der Waals surface area contributed by atoms with Crippen LogP contribution in [0.3, 0.4) is 0 Å². The van der Waals surface area contributed by atoms with Gasteiger partial charge >= 0.3 is 0 Å². The third-order valence-electron chi connectivity index (χ3n) is 2.63. The van der Waals surface area contributed by atoms with E-state index in [4.69, 9.17) is 5.73 Å². The average molecular weight is 238 g/mol. The van der Waals surface area contributed by atoms with Crippen molar-refractivity contribution in [2.24, 2.45) is 5.73 Å². The Balaban J connectivity index is 2.56. The molecule has 0 radical (unpaired) electrons. The first-order valence-corrected chi connectivity index (χ1v) is 6.14. The van der Waals surface area contributed by atoms with Crippen molar-refractivity contribution < 1.29 is 4.79 Å². The molecular weight excluding hydrogens is 220 g/mol. The minimum atomic E-state index is -0.655. The predicted octanol–water partition coefficient (Wildman–Crippen LogP) is 2.05. The summed E-state index contributed by atoms with van der Waals surface area (Å²) in [4.78, 5) is 12.6. The smallest absolute Gasteiger partial charge is 0.237 e. The zero-order chi connectivity index (χ0) is 12.0. The predicted molar refractivity (Wildman–Crippen MR) is 68.2 cm³/mol. The summed E-state index contributed by atoms with van der Waals surface area (Å²) < 4.78 is 0. The summed E-state index contributed by atoms with van der Waals surface area (Å²) in [6.07, 6.45) is 3.25. The lowest BCUT2D eigenvalue weighted by Crippen LogP contribution is -2.52. The zero-order valence-corrected chi connectivity index (χ0v) is 10.3. The summed E-state index contributed by atoms with van der Waals surface area (Å²) in [6, 6.07) is 4.03. The van der Waals surface area contributed by atoms with E-state index in [2.05, 4.69) is 11.9 Å². The van der Waals surface area contributed by atoms with E-state index in [1.54, 1.807) is 17.4 Å². The summed E-state index contributed by atoms with van der Waals surface area (Å²) >= 11 is 1.66. The summed E-state index contributed by atoms with van der Waals surface area (Å²) in [5.41, 5.74) is 4.76. The van der Waals surface area contributed by atoms with E-state index in [1.165, 1.54) is 4.88 Å². The summed E-state index contributed by atoms with van der Waals surface area (Å²) in [5, 5.41) is 5.24. The fraction of sp³-hybridized carbons (Fsp3) is 0.417. The van der Waals surface area contributed by atoms with Crippen molar-refractivity contribution in [1.82, 2.24) is 5.32 Å². The van der Waals surface area contributed by atoms with Crippen molar-refractivity contribution in [2.75, 3.05) is 0 Å². The molecule has 0 aliphatic carbocycles. The van der Waals surface area contributed by atoms with Crippen LogP contribution in [0.15, 0.2) is 30.2 Å². The van der Waals surface area contributed by atoms with Crippen LogP contribution in [0.25, 0.3) is 0 Å². The van der Waals surface area contributed by atoms with Crippen molar-refractivity contribution in [3.63, 3.8) is 0 Å². The molecule has 0 saturated carbocycles. The third-order valence-corrected chi connectivity index (χ3v) is 3.50. The highest BCUT2D eigenvalue weighted by molar-refractivity contribution is 7.09. The number of carbonyl (C=O) groups is 1. The number of amides is 1. The van der Waals surface area contributed by atoms with Gasteiger partial charge in [-0.25, -0.2) is 0 Å². The fourth-order valence-corrected chi connectivity index (χ4v) is 2.03. The Bertz CT molecular complexity index is 348. The number of nitrogens with one attached hydrogen (secondary N) is 1. The van der Waals surface area contributed by atoms with Crippen molar-refractivity contribution in [2.45, 2.75) is 31.8 Å². The van der Waals surface area contributed by atoms with Crippen LogP contribution in [0.1, 0.15) is 24.6 Å². The fourth-order valence-electron chi connectivity index (χ4n) is 1.38. The number of carbonyl (C=O) groups excluding carboxylic acids is 1. The molecule has 1 heterocycles. The maximum absolute atomic E-state index is 11.4. The highest BCUT2D eigenvalue weighted by Crippen LogP contribution is 2.15. The van der Waals surface area contributed by atoms with E-state index < -0.39 is 5.54 Å². The number of nitrogens with two attached hydrogens (primary N) is 1. The minimum absolute atomic E-state index is 0.314. The first-order valence-electron chi connectivity index (χ1n) is 5.27. The molecule has 3 N–H and O–H groups in total. The monoisotopic (exact) mass is 238 g/mol. The SMILES string of the molecule is C=CCCC(C)(NCc1cccs1)C(N)=O. The number of thiophene rings is 1. The van der Waals surface area contributed by atoms with Crippen LogP contribution >= 0.6 is 11.3 Å². The minimum Gasteiger partial charge on any atom is -0.368 e. The van der Waals surface area contributed by atoms with E-state index >= 15 is 0 Å². The van der Waals surface area contributed by atoms with Gasteiger partial charge in [0.25, 0.3) is 0 Å². The molecule has 1 aromatic rings. The number of primary amides is 1. The zero-order valence-electron chi connectivity index (χ0n) is 9.53. The molecule has 1 rings (SSSR count). The van der Waals surface area contributed by atoms with Gasteiger partial charge < -0.3 is 5.73 Å². The van der Waals surface area contributed by atoms with E-state index in [1.807, 2.05) is 24.4 Å². The molecule has 1 aromatic heterocycles. The van der Waals surface area contributed by atoms with Crippen LogP contribution in [0.4, 0.5) is 0 Å². The molecule has 1 unspecified atom stereocenters. The Morgan fingerprint density at radius 3 is 3.00 bits per heavy atom. The second-order valence-corrected chi connectivity index (χ2v) is 4.99.